The van der Waals surface area contributed by atoms with Crippen molar-refractivity contribution in [2.75, 3.05) is 7.11 Å². The van der Waals surface area contributed by atoms with E-state index < -0.39 is 33.1 Å². The van der Waals surface area contributed by atoms with Crippen LogP contribution in [0.2, 0.25) is 0 Å². The molecule has 8 heteroatoms. The zero-order chi connectivity index (χ0) is 16.4. The maximum Gasteiger partial charge on any atom is 0.309 e. The van der Waals surface area contributed by atoms with Crippen molar-refractivity contribution in [1.82, 2.24) is 4.72 Å². The molecule has 0 aliphatic rings. The minimum Gasteiger partial charge on any atom is -0.469 e. The number of hydrogen-bond acceptors (Lipinski definition) is 6. The number of amides is 1. The highest BCUT2D eigenvalue weighted by atomic mass is 32.2. The Hall–Kier alpha value is -1.41. The molecule has 1 N–H and O–H groups in total. The Kier molecular flexibility index (Phi) is 5.52. The molecule has 0 bridgehead atoms. The smallest absolute Gasteiger partial charge is 0.309 e. The number of rotatable bonds is 5. The normalized spacial score (nSPS) is 14.3. The molecule has 1 aromatic rings. The van der Waals surface area contributed by atoms with Gasteiger partial charge in [-0.2, -0.15) is 0 Å². The molecule has 0 spiro atoms. The molecule has 1 rings (SSSR count). The summed E-state index contributed by atoms with van der Waals surface area (Å²) in [5.41, 5.74) is 0.929. The summed E-state index contributed by atoms with van der Waals surface area (Å²) in [6.45, 7) is 6.51. The van der Waals surface area contributed by atoms with Gasteiger partial charge in [-0.25, -0.2) is 13.1 Å². The van der Waals surface area contributed by atoms with Gasteiger partial charge in [-0.05, 0) is 32.4 Å². The molecule has 0 saturated heterocycles. The van der Waals surface area contributed by atoms with Crippen molar-refractivity contribution >= 4 is 33.2 Å². The molecule has 0 radical (unpaired) electrons. The van der Waals surface area contributed by atoms with E-state index >= 15 is 0 Å². The van der Waals surface area contributed by atoms with Crippen molar-refractivity contribution in [1.29, 1.82) is 0 Å². The van der Waals surface area contributed by atoms with Crippen molar-refractivity contribution < 1.29 is 22.7 Å². The molecule has 0 unspecified atom stereocenters. The lowest BCUT2D eigenvalue weighted by molar-refractivity contribution is -0.144. The fourth-order valence-electron chi connectivity index (χ4n) is 1.60. The number of thiophene rings is 1. The topological polar surface area (TPSA) is 89.5 Å². The van der Waals surface area contributed by atoms with Gasteiger partial charge in [-0.15, -0.1) is 11.3 Å². The quantitative estimate of drug-likeness (QED) is 0.827. The highest BCUT2D eigenvalue weighted by molar-refractivity contribution is 7.90. The molecule has 0 saturated carbocycles. The van der Waals surface area contributed by atoms with Gasteiger partial charge in [0.2, 0.25) is 10.0 Å². The molecular formula is C13H19NO5S2. The first-order chi connectivity index (χ1) is 9.60. The first-order valence-electron chi connectivity index (χ1n) is 6.31. The van der Waals surface area contributed by atoms with Gasteiger partial charge in [0.1, 0.15) is 0 Å². The van der Waals surface area contributed by atoms with Gasteiger partial charge in [0.05, 0.1) is 23.2 Å². The van der Waals surface area contributed by atoms with Crippen molar-refractivity contribution in [3.05, 3.63) is 21.4 Å². The van der Waals surface area contributed by atoms with Gasteiger partial charge >= 0.3 is 5.97 Å². The predicted molar refractivity (Wildman–Crippen MR) is 80.8 cm³/mol. The van der Waals surface area contributed by atoms with E-state index in [4.69, 9.17) is 0 Å². The van der Waals surface area contributed by atoms with Crippen molar-refractivity contribution in [2.24, 2.45) is 5.92 Å². The van der Waals surface area contributed by atoms with Crippen LogP contribution in [0.1, 0.15) is 34.0 Å². The Balaban J connectivity index is 2.89. The van der Waals surface area contributed by atoms with Crippen LogP contribution in [0.3, 0.4) is 0 Å². The van der Waals surface area contributed by atoms with E-state index in [0.29, 0.717) is 4.88 Å². The maximum absolute atomic E-state index is 12.1. The molecule has 0 aliphatic carbocycles. The van der Waals surface area contributed by atoms with Crippen LogP contribution < -0.4 is 4.72 Å². The molecule has 118 valence electrons. The largest absolute Gasteiger partial charge is 0.469 e. The van der Waals surface area contributed by atoms with Crippen LogP contribution in [-0.4, -0.2) is 32.7 Å². The van der Waals surface area contributed by atoms with E-state index in [2.05, 4.69) is 4.74 Å². The number of carbonyl (C=O) groups is 2. The van der Waals surface area contributed by atoms with E-state index in [1.165, 1.54) is 32.3 Å². The van der Waals surface area contributed by atoms with Crippen LogP contribution in [0.5, 0.6) is 0 Å². The average Bonchev–Trinajstić information content (AvgIpc) is 2.75. The molecule has 1 aromatic heterocycles. The monoisotopic (exact) mass is 333 g/mol. The van der Waals surface area contributed by atoms with Crippen LogP contribution >= 0.6 is 11.3 Å². The summed E-state index contributed by atoms with van der Waals surface area (Å²) in [6, 6.07) is 1.64. The zero-order valence-corrected chi connectivity index (χ0v) is 14.2. The summed E-state index contributed by atoms with van der Waals surface area (Å²) < 4.78 is 30.8. The molecule has 21 heavy (non-hydrogen) atoms. The van der Waals surface area contributed by atoms with Crippen LogP contribution in [-0.2, 0) is 19.6 Å². The minimum absolute atomic E-state index is 0.325. The second-order valence-electron chi connectivity index (χ2n) is 4.84. The third-order valence-corrected chi connectivity index (χ3v) is 6.40. The van der Waals surface area contributed by atoms with Crippen LogP contribution in [0.25, 0.3) is 0 Å². The van der Waals surface area contributed by atoms with Gasteiger partial charge in [-0.1, -0.05) is 6.92 Å². The highest BCUT2D eigenvalue weighted by Crippen LogP contribution is 2.21. The Labute approximate surface area is 128 Å². The first-order valence-corrected chi connectivity index (χ1v) is 8.67. The van der Waals surface area contributed by atoms with E-state index in [1.807, 2.05) is 18.6 Å². The van der Waals surface area contributed by atoms with E-state index in [0.717, 1.165) is 10.4 Å². The third-order valence-electron chi connectivity index (χ3n) is 3.39. The first kappa shape index (κ1) is 17.6. The summed E-state index contributed by atoms with van der Waals surface area (Å²) in [5, 5.41) is -1.07. The Morgan fingerprint density at radius 2 is 1.86 bits per heavy atom. The third kappa shape index (κ3) is 4.04. The van der Waals surface area contributed by atoms with Gasteiger partial charge in [-0.3, -0.25) is 9.59 Å². The summed E-state index contributed by atoms with van der Waals surface area (Å²) in [7, 11) is -2.77. The molecular weight excluding hydrogens is 314 g/mol. The summed E-state index contributed by atoms with van der Waals surface area (Å²) in [6.07, 6.45) is 0. The lowest BCUT2D eigenvalue weighted by Crippen LogP contribution is -2.41. The number of aryl methyl sites for hydroxylation is 2. The molecule has 0 aromatic carbocycles. The summed E-state index contributed by atoms with van der Waals surface area (Å²) in [4.78, 5) is 24.7. The molecule has 0 aliphatic heterocycles. The minimum atomic E-state index is -3.96. The van der Waals surface area contributed by atoms with Crippen LogP contribution in [0.4, 0.5) is 0 Å². The molecule has 1 amide bonds. The van der Waals surface area contributed by atoms with Crippen molar-refractivity contribution in [3.8, 4) is 0 Å². The van der Waals surface area contributed by atoms with E-state index in [1.54, 1.807) is 6.07 Å². The van der Waals surface area contributed by atoms with Gasteiger partial charge in [0.15, 0.2) is 0 Å². The molecule has 2 atom stereocenters. The second-order valence-corrected chi connectivity index (χ2v) is 8.14. The lowest BCUT2D eigenvalue weighted by atomic mass is 10.1. The van der Waals surface area contributed by atoms with Gasteiger partial charge < -0.3 is 4.74 Å². The fraction of sp³-hybridized carbons (Fsp3) is 0.538. The SMILES string of the molecule is COC(=O)[C@@H](C)[C@H](C)S(=O)(=O)NC(=O)c1cc(C)c(C)s1. The lowest BCUT2D eigenvalue weighted by Gasteiger charge is -2.18. The Bertz CT molecular complexity index is 628. The molecule has 6 nitrogen and oxygen atoms in total. The number of esters is 1. The number of ether oxygens (including phenoxy) is 1. The highest BCUT2D eigenvalue weighted by Gasteiger charge is 2.33. The number of sulfonamides is 1. The standard InChI is InChI=1S/C13H19NO5S2/c1-7-6-11(20-9(7)3)12(15)14-21(17,18)10(4)8(2)13(16)19-5/h6,8,10H,1-5H3,(H,14,15)/t8-,10-/m0/s1. The van der Waals surface area contributed by atoms with Gasteiger partial charge in [0.25, 0.3) is 5.91 Å². The molecule has 1 heterocycles. The van der Waals surface area contributed by atoms with E-state index in [-0.39, 0.29) is 0 Å². The Morgan fingerprint density at radius 1 is 1.29 bits per heavy atom. The zero-order valence-electron chi connectivity index (χ0n) is 12.6. The van der Waals surface area contributed by atoms with Crippen LogP contribution in [0.15, 0.2) is 6.07 Å². The second kappa shape index (κ2) is 6.57. The van der Waals surface area contributed by atoms with Crippen molar-refractivity contribution in [3.63, 3.8) is 0 Å². The number of hydrogen-bond donors (Lipinski definition) is 1. The molecule has 0 fully saturated rings. The number of methoxy groups -OCH3 is 1. The van der Waals surface area contributed by atoms with Gasteiger partial charge in [0, 0.05) is 4.88 Å². The van der Waals surface area contributed by atoms with E-state index in [9.17, 15) is 18.0 Å². The fourth-order valence-corrected chi connectivity index (χ4v) is 3.80. The number of nitrogens with one attached hydrogen (secondary N) is 1. The summed E-state index contributed by atoms with van der Waals surface area (Å²) >= 11 is 1.23. The Morgan fingerprint density at radius 3 is 2.29 bits per heavy atom. The van der Waals surface area contributed by atoms with Crippen molar-refractivity contribution in [2.45, 2.75) is 32.9 Å². The van der Waals surface area contributed by atoms with Crippen LogP contribution in [0, 0.1) is 19.8 Å². The number of carbonyl (C=O) groups excluding carboxylic acids is 2. The predicted octanol–water partition coefficient (Wildman–Crippen LogP) is 1.62. The maximum atomic E-state index is 12.1. The summed E-state index contributed by atoms with van der Waals surface area (Å²) in [5.74, 6) is -2.18. The average molecular weight is 333 g/mol.